The third-order valence-electron chi connectivity index (χ3n) is 4.13. The number of amides is 1. The Morgan fingerprint density at radius 2 is 1.93 bits per heavy atom. The molecule has 3 aromatic rings. The van der Waals surface area contributed by atoms with Crippen molar-refractivity contribution in [1.29, 1.82) is 0 Å². The quantitative estimate of drug-likeness (QED) is 0.634. The highest BCUT2D eigenvalue weighted by Gasteiger charge is 2.13. The van der Waals surface area contributed by atoms with Gasteiger partial charge in [0.2, 0.25) is 0 Å². The van der Waals surface area contributed by atoms with Gasteiger partial charge in [0.05, 0.1) is 27.4 Å². The summed E-state index contributed by atoms with van der Waals surface area (Å²) in [5.74, 6) is 2.16. The standard InChI is InChI=1S/C20H18N2O3S2/c1-4-12-22-17-11-6-14(3)13-18(17)26-20(22)21-19(23)15-7-9-16(10-8-15)27(24,25)5-2/h1,6-11,13H,5,12H2,2-3H3. The summed E-state index contributed by atoms with van der Waals surface area (Å²) < 4.78 is 26.6. The fraction of sp³-hybridized carbons (Fsp3) is 0.200. The minimum atomic E-state index is -3.30. The van der Waals surface area contributed by atoms with Gasteiger partial charge < -0.3 is 4.57 Å². The maximum Gasteiger partial charge on any atom is 0.279 e. The van der Waals surface area contributed by atoms with Crippen molar-refractivity contribution in [2.24, 2.45) is 4.99 Å². The normalized spacial score (nSPS) is 12.3. The van der Waals surface area contributed by atoms with Gasteiger partial charge in [-0.15, -0.1) is 6.42 Å². The molecular formula is C20H18N2O3S2. The number of aromatic nitrogens is 1. The van der Waals surface area contributed by atoms with Crippen LogP contribution in [-0.2, 0) is 16.4 Å². The maximum absolute atomic E-state index is 12.6. The average Bonchev–Trinajstić information content (AvgIpc) is 2.98. The molecule has 0 bridgehead atoms. The fourth-order valence-electron chi connectivity index (χ4n) is 2.63. The van der Waals surface area contributed by atoms with Crippen LogP contribution in [0.4, 0.5) is 0 Å². The molecule has 0 N–H and O–H groups in total. The highest BCUT2D eigenvalue weighted by Crippen LogP contribution is 2.19. The second-order valence-corrected chi connectivity index (χ2v) is 9.28. The molecule has 0 fully saturated rings. The molecule has 1 heterocycles. The Hall–Kier alpha value is -2.69. The van der Waals surface area contributed by atoms with Crippen LogP contribution >= 0.6 is 11.3 Å². The third kappa shape index (κ3) is 3.87. The van der Waals surface area contributed by atoms with E-state index in [1.54, 1.807) is 6.92 Å². The van der Waals surface area contributed by atoms with E-state index in [1.807, 2.05) is 29.7 Å². The molecule has 0 spiro atoms. The van der Waals surface area contributed by atoms with Gasteiger partial charge in [-0.2, -0.15) is 4.99 Å². The van der Waals surface area contributed by atoms with E-state index < -0.39 is 15.7 Å². The maximum atomic E-state index is 12.6. The molecular weight excluding hydrogens is 380 g/mol. The van der Waals surface area contributed by atoms with Gasteiger partial charge >= 0.3 is 0 Å². The van der Waals surface area contributed by atoms with Crippen molar-refractivity contribution in [3.8, 4) is 12.3 Å². The number of rotatable bonds is 4. The first kappa shape index (κ1) is 19.1. The molecule has 3 rings (SSSR count). The number of benzene rings is 2. The van der Waals surface area contributed by atoms with Crippen molar-refractivity contribution in [2.75, 3.05) is 5.75 Å². The van der Waals surface area contributed by atoms with Crippen molar-refractivity contribution in [3.63, 3.8) is 0 Å². The monoisotopic (exact) mass is 398 g/mol. The van der Waals surface area contributed by atoms with E-state index in [-0.39, 0.29) is 10.6 Å². The van der Waals surface area contributed by atoms with Gasteiger partial charge in [-0.1, -0.05) is 30.2 Å². The average molecular weight is 399 g/mol. The van der Waals surface area contributed by atoms with E-state index in [1.165, 1.54) is 35.6 Å². The molecule has 0 aliphatic rings. The first-order chi connectivity index (χ1) is 12.9. The number of nitrogens with zero attached hydrogens (tertiary/aromatic N) is 2. The molecule has 5 nitrogen and oxygen atoms in total. The number of fused-ring (bicyclic) bond motifs is 1. The van der Waals surface area contributed by atoms with Crippen LogP contribution in [-0.4, -0.2) is 24.6 Å². The third-order valence-corrected chi connectivity index (χ3v) is 6.92. The van der Waals surface area contributed by atoms with Crippen molar-refractivity contribution in [3.05, 3.63) is 58.4 Å². The number of sulfone groups is 1. The van der Waals surface area contributed by atoms with Gasteiger partial charge in [0.15, 0.2) is 14.6 Å². The molecule has 0 saturated heterocycles. The summed E-state index contributed by atoms with van der Waals surface area (Å²) in [5, 5.41) is 0. The highest BCUT2D eigenvalue weighted by atomic mass is 32.2. The Bertz CT molecular complexity index is 1220. The lowest BCUT2D eigenvalue weighted by molar-refractivity contribution is 0.0998. The van der Waals surface area contributed by atoms with Gasteiger partial charge in [0.1, 0.15) is 0 Å². The summed E-state index contributed by atoms with van der Waals surface area (Å²) in [4.78, 5) is 17.5. The number of aryl methyl sites for hydroxylation is 1. The lowest BCUT2D eigenvalue weighted by Gasteiger charge is -2.02. The van der Waals surface area contributed by atoms with Crippen LogP contribution in [0.15, 0.2) is 52.4 Å². The second-order valence-electron chi connectivity index (χ2n) is 5.99. The summed E-state index contributed by atoms with van der Waals surface area (Å²) in [6.07, 6.45) is 5.47. The molecule has 27 heavy (non-hydrogen) atoms. The van der Waals surface area contributed by atoms with E-state index in [0.29, 0.717) is 16.9 Å². The minimum Gasteiger partial charge on any atom is -0.305 e. The molecule has 138 valence electrons. The molecule has 0 aliphatic heterocycles. The first-order valence-corrected chi connectivity index (χ1v) is 10.8. The summed E-state index contributed by atoms with van der Waals surface area (Å²) >= 11 is 1.40. The smallest absolute Gasteiger partial charge is 0.279 e. The largest absolute Gasteiger partial charge is 0.305 e. The summed E-state index contributed by atoms with van der Waals surface area (Å²) in [5.41, 5.74) is 2.37. The Kier molecular flexibility index (Phi) is 5.31. The van der Waals surface area contributed by atoms with Gasteiger partial charge in [0.25, 0.3) is 5.91 Å². The van der Waals surface area contributed by atoms with Crippen LogP contribution in [0.25, 0.3) is 10.2 Å². The van der Waals surface area contributed by atoms with Gasteiger partial charge in [-0.25, -0.2) is 8.42 Å². The fourth-order valence-corrected chi connectivity index (χ4v) is 4.64. The topological polar surface area (TPSA) is 68.5 Å². The number of thiazole rings is 1. The molecule has 7 heteroatoms. The molecule has 2 aromatic carbocycles. The zero-order valence-electron chi connectivity index (χ0n) is 15.0. The number of hydrogen-bond donors (Lipinski definition) is 0. The van der Waals surface area contributed by atoms with Crippen molar-refractivity contribution in [1.82, 2.24) is 4.57 Å². The van der Waals surface area contributed by atoms with Crippen LogP contribution in [0.3, 0.4) is 0 Å². The minimum absolute atomic E-state index is 0.0119. The van der Waals surface area contributed by atoms with Gasteiger partial charge in [0, 0.05) is 5.56 Å². The number of carbonyl (C=O) groups is 1. The number of terminal acetylenes is 1. The molecule has 0 radical (unpaired) electrons. The molecule has 1 amide bonds. The Labute approximate surface area is 161 Å². The predicted molar refractivity (Wildman–Crippen MR) is 107 cm³/mol. The summed E-state index contributed by atoms with van der Waals surface area (Å²) in [6, 6.07) is 11.8. The van der Waals surface area contributed by atoms with Crippen molar-refractivity contribution in [2.45, 2.75) is 25.3 Å². The van der Waals surface area contributed by atoms with E-state index in [2.05, 4.69) is 10.9 Å². The number of hydrogen-bond acceptors (Lipinski definition) is 4. The lowest BCUT2D eigenvalue weighted by Crippen LogP contribution is -2.16. The molecule has 1 aromatic heterocycles. The van der Waals surface area contributed by atoms with E-state index in [4.69, 9.17) is 6.42 Å². The Morgan fingerprint density at radius 1 is 1.22 bits per heavy atom. The zero-order valence-corrected chi connectivity index (χ0v) is 16.6. The molecule has 0 aliphatic carbocycles. The van der Waals surface area contributed by atoms with Crippen molar-refractivity contribution >= 4 is 37.3 Å². The van der Waals surface area contributed by atoms with Gasteiger partial charge in [-0.3, -0.25) is 4.79 Å². The van der Waals surface area contributed by atoms with Crippen LogP contribution in [0.5, 0.6) is 0 Å². The predicted octanol–water partition coefficient (Wildman–Crippen LogP) is 3.18. The summed E-state index contributed by atoms with van der Waals surface area (Å²) in [7, 11) is -3.30. The second kappa shape index (κ2) is 7.51. The van der Waals surface area contributed by atoms with E-state index in [9.17, 15) is 13.2 Å². The summed E-state index contributed by atoms with van der Waals surface area (Å²) in [6.45, 7) is 3.89. The van der Waals surface area contributed by atoms with Crippen LogP contribution < -0.4 is 4.80 Å². The molecule has 0 unspecified atom stereocenters. The Balaban J connectivity index is 2.05. The van der Waals surface area contributed by atoms with E-state index >= 15 is 0 Å². The first-order valence-electron chi connectivity index (χ1n) is 8.31. The zero-order chi connectivity index (χ0) is 19.6. The van der Waals surface area contributed by atoms with Gasteiger partial charge in [-0.05, 0) is 48.9 Å². The molecule has 0 saturated carbocycles. The Morgan fingerprint density at radius 3 is 2.56 bits per heavy atom. The van der Waals surface area contributed by atoms with E-state index in [0.717, 1.165) is 15.8 Å². The lowest BCUT2D eigenvalue weighted by atomic mass is 10.2. The molecule has 0 atom stereocenters. The van der Waals surface area contributed by atoms with Crippen LogP contribution in [0.1, 0.15) is 22.8 Å². The van der Waals surface area contributed by atoms with Crippen molar-refractivity contribution < 1.29 is 13.2 Å². The highest BCUT2D eigenvalue weighted by molar-refractivity contribution is 7.91. The van der Waals surface area contributed by atoms with Crippen LogP contribution in [0.2, 0.25) is 0 Å². The number of carbonyl (C=O) groups excluding carboxylic acids is 1. The SMILES string of the molecule is C#CCn1c(=NC(=O)c2ccc(S(=O)(=O)CC)cc2)sc2cc(C)ccc21. The van der Waals surface area contributed by atoms with Crippen LogP contribution in [0, 0.1) is 19.3 Å².